The Kier molecular flexibility index (Phi) is 21.2. The first kappa shape index (κ1) is 40.0. The monoisotopic (exact) mass is 623 g/mol. The lowest BCUT2D eigenvalue weighted by molar-refractivity contribution is -0.160. The number of nitrogens with one attached hydrogen (secondary N) is 1. The molecule has 0 radical (unpaired) electrons. The molecule has 0 fully saturated rings. The van der Waals surface area contributed by atoms with Crippen LogP contribution in [0.4, 0.5) is 0 Å². The number of esters is 1. The molecule has 1 unspecified atom stereocenters. The van der Waals surface area contributed by atoms with Crippen molar-refractivity contribution in [3.8, 4) is 0 Å². The van der Waals surface area contributed by atoms with Crippen molar-refractivity contribution in [3.05, 3.63) is 23.8 Å². The van der Waals surface area contributed by atoms with Crippen molar-refractivity contribution in [2.45, 2.75) is 142 Å². The predicted molar refractivity (Wildman–Crippen MR) is 173 cm³/mol. The van der Waals surface area contributed by atoms with Gasteiger partial charge in [-0.05, 0) is 68.8 Å². The van der Waals surface area contributed by atoms with Crippen LogP contribution in [0.5, 0.6) is 0 Å². The van der Waals surface area contributed by atoms with Gasteiger partial charge in [-0.2, -0.15) is 0 Å². The summed E-state index contributed by atoms with van der Waals surface area (Å²) < 4.78 is 10.9. The molecule has 0 aromatic rings. The van der Waals surface area contributed by atoms with Crippen LogP contribution in [-0.4, -0.2) is 77.7 Å². The highest BCUT2D eigenvalue weighted by atomic mass is 16.5. The van der Waals surface area contributed by atoms with E-state index >= 15 is 0 Å². The molecule has 0 aromatic heterocycles. The minimum Gasteiger partial charge on any atom is -0.452 e. The number of carbonyl (C=O) groups excluding carboxylic acids is 3. The Bertz CT molecular complexity index is 888. The minimum absolute atomic E-state index is 0.113. The third kappa shape index (κ3) is 17.4. The molecule has 1 aliphatic heterocycles. The van der Waals surface area contributed by atoms with Crippen LogP contribution in [0.3, 0.4) is 0 Å². The number of ketones is 1. The van der Waals surface area contributed by atoms with Crippen LogP contribution < -0.4 is 5.32 Å². The maximum Gasteiger partial charge on any atom is 0.309 e. The molecule has 1 amide bonds. The maximum absolute atomic E-state index is 12.8. The van der Waals surface area contributed by atoms with Crippen LogP contribution >= 0.6 is 0 Å². The van der Waals surface area contributed by atoms with Gasteiger partial charge in [0.05, 0.1) is 30.8 Å². The van der Waals surface area contributed by atoms with Crippen LogP contribution in [0, 0.1) is 17.8 Å². The normalized spacial score (nSPS) is 32.8. The number of β-amino-alcohol motifs (C(OH)–C–C–N with tert-alkyl or cyclic N) is 1. The first-order valence-electron chi connectivity index (χ1n) is 16.9. The number of cyclic esters (lactones) is 1. The fraction of sp³-hybridized carbons (Fsp3) is 0.800. The van der Waals surface area contributed by atoms with E-state index in [1.54, 1.807) is 7.11 Å². The lowest BCUT2D eigenvalue weighted by Crippen LogP contribution is -2.43. The highest BCUT2D eigenvalue weighted by Gasteiger charge is 2.27. The first-order valence-corrected chi connectivity index (χ1v) is 16.9. The van der Waals surface area contributed by atoms with Crippen molar-refractivity contribution >= 4 is 17.7 Å². The van der Waals surface area contributed by atoms with Crippen molar-refractivity contribution < 1.29 is 39.2 Å². The standard InChI is InChI=1S/C35H61NO8/c1-6-12-33-34(41)36-23-30(38)22-32(40)31(39)20-19-28(24-43-5)16-10-14-27(7-2)15-11-18-29(37)17-9-8-13-25(3)21-26(4)35(42)44-33/h10,14,16,25-27,30-33,38-40H,6-9,11-13,15,17-24H2,1-5H3,(H,36,41)/b14-10+,28-16-/t25-,26+,27?,30+,31-,32+,33+/m1/s1. The number of aliphatic hydroxyl groups excluding tert-OH is 3. The van der Waals surface area contributed by atoms with Gasteiger partial charge in [-0.15, -0.1) is 0 Å². The number of allylic oxidation sites excluding steroid dienone is 3. The van der Waals surface area contributed by atoms with Crippen LogP contribution in [0.2, 0.25) is 0 Å². The lowest BCUT2D eigenvalue weighted by Gasteiger charge is -2.23. The van der Waals surface area contributed by atoms with Crippen LogP contribution in [0.1, 0.15) is 118 Å². The molecule has 0 aromatic carbocycles. The van der Waals surface area contributed by atoms with Gasteiger partial charge in [-0.1, -0.05) is 65.2 Å². The molecule has 4 N–H and O–H groups in total. The number of methoxy groups -OCH3 is 1. The van der Waals surface area contributed by atoms with Crippen molar-refractivity contribution in [3.63, 3.8) is 0 Å². The molecule has 0 saturated heterocycles. The highest BCUT2D eigenvalue weighted by molar-refractivity contribution is 5.84. The highest BCUT2D eigenvalue weighted by Crippen LogP contribution is 2.22. The maximum atomic E-state index is 12.8. The quantitative estimate of drug-likeness (QED) is 0.306. The van der Waals surface area contributed by atoms with Gasteiger partial charge in [0.25, 0.3) is 5.91 Å². The molecular weight excluding hydrogens is 562 g/mol. The average Bonchev–Trinajstić information content (AvgIpc) is 2.98. The Morgan fingerprint density at radius 3 is 2.34 bits per heavy atom. The summed E-state index contributed by atoms with van der Waals surface area (Å²) in [5, 5.41) is 34.1. The number of Topliss-reactive ketones (excluding diaryl/α,β-unsaturated/α-hetero) is 1. The van der Waals surface area contributed by atoms with E-state index in [1.807, 2.05) is 26.0 Å². The average molecular weight is 624 g/mol. The molecule has 1 heterocycles. The predicted octanol–water partition coefficient (Wildman–Crippen LogP) is 5.20. The molecule has 44 heavy (non-hydrogen) atoms. The summed E-state index contributed by atoms with van der Waals surface area (Å²) in [6.45, 7) is 8.21. The Balaban J connectivity index is 2.96. The van der Waals surface area contributed by atoms with E-state index in [0.29, 0.717) is 56.8 Å². The SMILES string of the molecule is CCC[C@@H]1OC(=O)[C@@H](C)C[C@H](C)CCCCC(=O)CCCC(CC)/C=C/C=C(\COC)CC[C@@H](O)[C@@H](O)C[C@H](O)CNC1=O. The van der Waals surface area contributed by atoms with E-state index in [9.17, 15) is 29.7 Å². The van der Waals surface area contributed by atoms with Gasteiger partial charge in [0, 0.05) is 32.9 Å². The zero-order chi connectivity index (χ0) is 32.9. The summed E-state index contributed by atoms with van der Waals surface area (Å²) in [6.07, 6.45) is 10.9. The second kappa shape index (κ2) is 23.3. The Morgan fingerprint density at radius 2 is 1.66 bits per heavy atom. The Morgan fingerprint density at radius 1 is 0.932 bits per heavy atom. The zero-order valence-electron chi connectivity index (χ0n) is 28.0. The molecule has 7 atom stereocenters. The molecule has 0 bridgehead atoms. The van der Waals surface area contributed by atoms with Gasteiger partial charge in [0.2, 0.25) is 0 Å². The van der Waals surface area contributed by atoms with Crippen LogP contribution in [0.25, 0.3) is 0 Å². The van der Waals surface area contributed by atoms with E-state index < -0.39 is 36.3 Å². The van der Waals surface area contributed by atoms with Crippen LogP contribution in [-0.2, 0) is 23.9 Å². The molecule has 0 aliphatic carbocycles. The molecule has 0 spiro atoms. The Hall–Kier alpha value is -2.07. The summed E-state index contributed by atoms with van der Waals surface area (Å²) in [6, 6.07) is 0. The summed E-state index contributed by atoms with van der Waals surface area (Å²) in [4.78, 5) is 38.1. The molecule has 1 rings (SSSR count). The van der Waals surface area contributed by atoms with Gasteiger partial charge < -0.3 is 30.1 Å². The second-order valence-electron chi connectivity index (χ2n) is 12.8. The van der Waals surface area contributed by atoms with E-state index in [2.05, 4.69) is 25.2 Å². The topological polar surface area (TPSA) is 142 Å². The van der Waals surface area contributed by atoms with E-state index in [1.165, 1.54) is 0 Å². The number of hydrogen-bond donors (Lipinski definition) is 4. The molecule has 9 nitrogen and oxygen atoms in total. The number of hydrogen-bond acceptors (Lipinski definition) is 8. The Labute approximate surface area is 265 Å². The lowest BCUT2D eigenvalue weighted by atomic mass is 9.92. The summed E-state index contributed by atoms with van der Waals surface area (Å²) in [5.74, 6) is -0.318. The van der Waals surface area contributed by atoms with Gasteiger partial charge in [0.15, 0.2) is 6.10 Å². The summed E-state index contributed by atoms with van der Waals surface area (Å²) >= 11 is 0. The molecule has 1 aliphatic rings. The largest absolute Gasteiger partial charge is 0.452 e. The minimum atomic E-state index is -1.17. The first-order chi connectivity index (χ1) is 21.0. The van der Waals surface area contributed by atoms with E-state index in [-0.39, 0.29) is 31.2 Å². The van der Waals surface area contributed by atoms with Crippen molar-refractivity contribution in [2.24, 2.45) is 17.8 Å². The van der Waals surface area contributed by atoms with Crippen molar-refractivity contribution in [1.29, 1.82) is 0 Å². The number of aliphatic hydroxyl groups is 3. The number of carbonyl (C=O) groups is 3. The molecular formula is C35H61NO8. The third-order valence-corrected chi connectivity index (χ3v) is 8.49. The number of amides is 1. The van der Waals surface area contributed by atoms with Gasteiger partial charge >= 0.3 is 5.97 Å². The van der Waals surface area contributed by atoms with Gasteiger partial charge in [-0.3, -0.25) is 14.4 Å². The van der Waals surface area contributed by atoms with Crippen molar-refractivity contribution in [1.82, 2.24) is 5.32 Å². The van der Waals surface area contributed by atoms with E-state index in [4.69, 9.17) is 9.47 Å². The molecule has 254 valence electrons. The van der Waals surface area contributed by atoms with Crippen molar-refractivity contribution in [2.75, 3.05) is 20.3 Å². The fourth-order valence-electron chi connectivity index (χ4n) is 5.63. The van der Waals surface area contributed by atoms with Gasteiger partial charge in [-0.25, -0.2) is 0 Å². The van der Waals surface area contributed by atoms with E-state index in [0.717, 1.165) is 44.1 Å². The molecule has 0 saturated carbocycles. The van der Waals surface area contributed by atoms with Gasteiger partial charge in [0.1, 0.15) is 5.78 Å². The van der Waals surface area contributed by atoms with Crippen LogP contribution in [0.15, 0.2) is 23.8 Å². The smallest absolute Gasteiger partial charge is 0.309 e. The zero-order valence-corrected chi connectivity index (χ0v) is 28.0. The fourth-order valence-corrected chi connectivity index (χ4v) is 5.63. The summed E-state index contributed by atoms with van der Waals surface area (Å²) in [5.41, 5.74) is 0.973. The second-order valence-corrected chi connectivity index (χ2v) is 12.8. The summed E-state index contributed by atoms with van der Waals surface area (Å²) in [7, 11) is 1.61. The number of rotatable bonds is 5. The molecule has 9 heteroatoms. The third-order valence-electron chi connectivity index (χ3n) is 8.49. The number of ether oxygens (including phenoxy) is 2.